The fourth-order valence-corrected chi connectivity index (χ4v) is 2.91. The van der Waals surface area contributed by atoms with Crippen molar-refractivity contribution >= 4 is 11.9 Å². The number of aliphatic carboxylic acids is 1. The third-order valence-corrected chi connectivity index (χ3v) is 3.94. The minimum absolute atomic E-state index is 0.0475. The van der Waals surface area contributed by atoms with E-state index in [4.69, 9.17) is 0 Å². The van der Waals surface area contributed by atoms with E-state index in [1.807, 2.05) is 38.1 Å². The average molecular weight is 275 g/mol. The number of rotatable bonds is 4. The number of carboxylic acids is 1. The number of carbonyl (C=O) groups excluding carboxylic acids is 1. The predicted molar refractivity (Wildman–Crippen MR) is 76.3 cm³/mol. The number of carboxylic acid groups (broad SMARTS) is 1. The molecule has 0 saturated carbocycles. The Balaban J connectivity index is 2.31. The van der Waals surface area contributed by atoms with Gasteiger partial charge in [-0.15, -0.1) is 0 Å². The molecule has 1 N–H and O–H groups in total. The van der Waals surface area contributed by atoms with Gasteiger partial charge in [0.15, 0.2) is 6.04 Å². The van der Waals surface area contributed by atoms with Gasteiger partial charge >= 0.3 is 5.97 Å². The largest absolute Gasteiger partial charge is 0.479 e. The summed E-state index contributed by atoms with van der Waals surface area (Å²) < 4.78 is 0. The van der Waals surface area contributed by atoms with E-state index >= 15 is 0 Å². The van der Waals surface area contributed by atoms with Crippen LogP contribution in [0.1, 0.15) is 43.9 Å². The Kier molecular flexibility index (Phi) is 4.42. The highest BCUT2D eigenvalue weighted by atomic mass is 16.4. The van der Waals surface area contributed by atoms with Crippen LogP contribution in [0, 0.1) is 5.92 Å². The van der Waals surface area contributed by atoms with Crippen LogP contribution in [0.4, 0.5) is 0 Å². The summed E-state index contributed by atoms with van der Waals surface area (Å²) in [6, 6.07) is 6.67. The normalized spacial score (nSPS) is 19.3. The van der Waals surface area contributed by atoms with Gasteiger partial charge in [0.25, 0.3) is 0 Å². The molecule has 2 unspecified atom stereocenters. The molecule has 108 valence electrons. The fourth-order valence-electron chi connectivity index (χ4n) is 2.91. The van der Waals surface area contributed by atoms with Crippen LogP contribution in [-0.2, 0) is 16.0 Å². The van der Waals surface area contributed by atoms with Gasteiger partial charge in [-0.25, -0.2) is 4.79 Å². The molecule has 1 aromatic carbocycles. The molecule has 2 atom stereocenters. The molecule has 0 spiro atoms. The SMILES string of the molecule is CCCC(C)C(=O)N1CCc2ccccc2C1C(=O)O. The van der Waals surface area contributed by atoms with Crippen molar-refractivity contribution in [2.24, 2.45) is 5.92 Å². The van der Waals surface area contributed by atoms with Gasteiger partial charge in [0, 0.05) is 12.5 Å². The van der Waals surface area contributed by atoms with Crippen LogP contribution in [0.2, 0.25) is 0 Å². The van der Waals surface area contributed by atoms with Crippen molar-refractivity contribution in [2.45, 2.75) is 39.2 Å². The van der Waals surface area contributed by atoms with Crippen LogP contribution in [0.5, 0.6) is 0 Å². The van der Waals surface area contributed by atoms with Crippen molar-refractivity contribution in [1.29, 1.82) is 0 Å². The minimum atomic E-state index is -0.950. The molecule has 2 rings (SSSR count). The molecule has 1 aliphatic heterocycles. The van der Waals surface area contributed by atoms with Crippen LogP contribution >= 0.6 is 0 Å². The van der Waals surface area contributed by atoms with Crippen molar-refractivity contribution in [3.8, 4) is 0 Å². The maximum atomic E-state index is 12.5. The number of fused-ring (bicyclic) bond motifs is 1. The molecule has 20 heavy (non-hydrogen) atoms. The molecule has 0 fully saturated rings. The van der Waals surface area contributed by atoms with Crippen LogP contribution in [0.3, 0.4) is 0 Å². The van der Waals surface area contributed by atoms with E-state index in [9.17, 15) is 14.7 Å². The number of hydrogen-bond donors (Lipinski definition) is 1. The topological polar surface area (TPSA) is 57.6 Å². The van der Waals surface area contributed by atoms with Crippen LogP contribution in [0.25, 0.3) is 0 Å². The van der Waals surface area contributed by atoms with E-state index < -0.39 is 12.0 Å². The third kappa shape index (κ3) is 2.69. The number of carbonyl (C=O) groups is 2. The van der Waals surface area contributed by atoms with Gasteiger partial charge in [-0.05, 0) is 24.0 Å². The van der Waals surface area contributed by atoms with Gasteiger partial charge in [0.1, 0.15) is 0 Å². The lowest BCUT2D eigenvalue weighted by Crippen LogP contribution is -2.45. The maximum Gasteiger partial charge on any atom is 0.331 e. The van der Waals surface area contributed by atoms with Gasteiger partial charge in [-0.2, -0.15) is 0 Å². The smallest absolute Gasteiger partial charge is 0.331 e. The Morgan fingerprint density at radius 3 is 2.75 bits per heavy atom. The number of hydrogen-bond acceptors (Lipinski definition) is 2. The Hall–Kier alpha value is -1.84. The van der Waals surface area contributed by atoms with Crippen molar-refractivity contribution < 1.29 is 14.7 Å². The second-order valence-electron chi connectivity index (χ2n) is 5.41. The third-order valence-electron chi connectivity index (χ3n) is 3.94. The van der Waals surface area contributed by atoms with Gasteiger partial charge in [-0.1, -0.05) is 44.5 Å². The average Bonchev–Trinajstić information content (AvgIpc) is 2.45. The lowest BCUT2D eigenvalue weighted by molar-refractivity contribution is -0.153. The van der Waals surface area contributed by atoms with Gasteiger partial charge in [0.2, 0.25) is 5.91 Å². The van der Waals surface area contributed by atoms with Crippen molar-refractivity contribution in [1.82, 2.24) is 4.90 Å². The summed E-state index contributed by atoms with van der Waals surface area (Å²) >= 11 is 0. The highest BCUT2D eigenvalue weighted by Gasteiger charge is 2.36. The Bertz CT molecular complexity index is 512. The fraction of sp³-hybridized carbons (Fsp3) is 0.500. The molecule has 0 bridgehead atoms. The number of amides is 1. The van der Waals surface area contributed by atoms with E-state index in [1.165, 1.54) is 4.90 Å². The minimum Gasteiger partial charge on any atom is -0.479 e. The molecule has 4 nitrogen and oxygen atoms in total. The van der Waals surface area contributed by atoms with E-state index in [0.29, 0.717) is 6.54 Å². The first-order chi connectivity index (χ1) is 9.56. The second-order valence-corrected chi connectivity index (χ2v) is 5.41. The predicted octanol–water partition coefficient (Wildman–Crippen LogP) is 2.63. The van der Waals surface area contributed by atoms with Crippen LogP contribution in [-0.4, -0.2) is 28.4 Å². The zero-order valence-electron chi connectivity index (χ0n) is 12.0. The summed E-state index contributed by atoms with van der Waals surface area (Å²) in [6.45, 7) is 4.40. The van der Waals surface area contributed by atoms with Crippen molar-refractivity contribution in [3.63, 3.8) is 0 Å². The van der Waals surface area contributed by atoms with Gasteiger partial charge < -0.3 is 10.0 Å². The van der Waals surface area contributed by atoms with Crippen molar-refractivity contribution in [3.05, 3.63) is 35.4 Å². The van der Waals surface area contributed by atoms with Crippen LogP contribution in [0.15, 0.2) is 24.3 Å². The molecule has 0 radical (unpaired) electrons. The van der Waals surface area contributed by atoms with Crippen LogP contribution < -0.4 is 0 Å². The monoisotopic (exact) mass is 275 g/mol. The molecule has 1 heterocycles. The lowest BCUT2D eigenvalue weighted by atomic mass is 9.91. The van der Waals surface area contributed by atoms with E-state index in [2.05, 4.69) is 0 Å². The maximum absolute atomic E-state index is 12.5. The summed E-state index contributed by atoms with van der Waals surface area (Å²) in [5.74, 6) is -1.12. The van der Waals surface area contributed by atoms with Gasteiger partial charge in [0.05, 0.1) is 0 Å². The number of benzene rings is 1. The Morgan fingerprint density at radius 1 is 1.40 bits per heavy atom. The highest BCUT2D eigenvalue weighted by Crippen LogP contribution is 2.31. The zero-order chi connectivity index (χ0) is 14.7. The zero-order valence-corrected chi connectivity index (χ0v) is 12.0. The molecule has 4 heteroatoms. The summed E-state index contributed by atoms with van der Waals surface area (Å²) in [5, 5.41) is 9.52. The summed E-state index contributed by atoms with van der Waals surface area (Å²) in [6.07, 6.45) is 2.45. The van der Waals surface area contributed by atoms with Crippen molar-refractivity contribution in [2.75, 3.05) is 6.54 Å². The van der Waals surface area contributed by atoms with E-state index in [0.717, 1.165) is 30.4 Å². The molecule has 0 aromatic heterocycles. The molecular formula is C16H21NO3. The Labute approximate surface area is 119 Å². The summed E-state index contributed by atoms with van der Waals surface area (Å²) in [7, 11) is 0. The molecule has 0 aliphatic carbocycles. The summed E-state index contributed by atoms with van der Waals surface area (Å²) in [5.41, 5.74) is 1.79. The standard InChI is InChI=1S/C16H21NO3/c1-3-6-11(2)15(18)17-10-9-12-7-4-5-8-13(12)14(17)16(19)20/h4-5,7-8,11,14H,3,6,9-10H2,1-2H3,(H,19,20). The van der Waals surface area contributed by atoms with E-state index in [-0.39, 0.29) is 11.8 Å². The lowest BCUT2D eigenvalue weighted by Gasteiger charge is -2.36. The summed E-state index contributed by atoms with van der Waals surface area (Å²) in [4.78, 5) is 25.6. The molecule has 1 aliphatic rings. The first kappa shape index (κ1) is 14.6. The molecular weight excluding hydrogens is 254 g/mol. The Morgan fingerprint density at radius 2 is 2.10 bits per heavy atom. The number of nitrogens with zero attached hydrogens (tertiary/aromatic N) is 1. The first-order valence-electron chi connectivity index (χ1n) is 7.17. The quantitative estimate of drug-likeness (QED) is 0.919. The first-order valence-corrected chi connectivity index (χ1v) is 7.17. The molecule has 1 aromatic rings. The second kappa shape index (κ2) is 6.07. The molecule has 1 amide bonds. The molecule has 0 saturated heterocycles. The van der Waals surface area contributed by atoms with Gasteiger partial charge in [-0.3, -0.25) is 4.79 Å². The van der Waals surface area contributed by atoms with E-state index in [1.54, 1.807) is 0 Å². The highest BCUT2D eigenvalue weighted by molar-refractivity contribution is 5.86.